The van der Waals surface area contributed by atoms with E-state index in [0.29, 0.717) is 6.92 Å². The summed E-state index contributed by atoms with van der Waals surface area (Å²) in [6.45, 7) is 0.315. The van der Waals surface area contributed by atoms with Crippen LogP contribution in [0.25, 0.3) is 0 Å². The predicted octanol–water partition coefficient (Wildman–Crippen LogP) is -0.710. The van der Waals surface area contributed by atoms with Crippen LogP contribution in [0.15, 0.2) is 0 Å². The first-order chi connectivity index (χ1) is 4.73. The zero-order valence-electron chi connectivity index (χ0n) is 5.57. The monoisotopic (exact) mass is 172 g/mol. The lowest BCUT2D eigenvalue weighted by atomic mass is 10.1. The number of alkyl halides is 3. The Hall–Kier alpha value is -0.820. The molecule has 0 saturated heterocycles. The van der Waals surface area contributed by atoms with Crippen molar-refractivity contribution in [1.82, 2.24) is 5.43 Å². The van der Waals surface area contributed by atoms with Gasteiger partial charge in [0.05, 0.1) is 0 Å². The molecule has 0 aliphatic heterocycles. The average molecular weight is 172 g/mol. The van der Waals surface area contributed by atoms with Gasteiger partial charge in [-0.15, -0.1) is 0 Å². The molecular formula is C4H7F3N2O2. The average Bonchev–Trinajstić information content (AvgIpc) is 1.83. The fourth-order valence-corrected chi connectivity index (χ4v) is 0.269. The van der Waals surface area contributed by atoms with Crippen LogP contribution < -0.4 is 11.3 Å². The molecule has 1 amide bonds. The van der Waals surface area contributed by atoms with Crippen molar-refractivity contribution in [2.45, 2.75) is 18.7 Å². The van der Waals surface area contributed by atoms with Crippen molar-refractivity contribution < 1.29 is 23.1 Å². The van der Waals surface area contributed by atoms with Gasteiger partial charge < -0.3 is 5.11 Å². The number of nitrogens with two attached hydrogens (primary N) is 1. The third kappa shape index (κ3) is 1.81. The number of nitrogens with one attached hydrogen (secondary N) is 1. The number of rotatable bonds is 1. The van der Waals surface area contributed by atoms with Gasteiger partial charge in [0, 0.05) is 0 Å². The summed E-state index contributed by atoms with van der Waals surface area (Å²) >= 11 is 0. The van der Waals surface area contributed by atoms with Gasteiger partial charge in [0.25, 0.3) is 5.91 Å². The zero-order chi connectivity index (χ0) is 9.28. The second-order valence-electron chi connectivity index (χ2n) is 2.04. The molecule has 0 saturated carbocycles. The van der Waals surface area contributed by atoms with E-state index in [-0.39, 0.29) is 0 Å². The molecule has 0 heterocycles. The first-order valence-electron chi connectivity index (χ1n) is 2.53. The summed E-state index contributed by atoms with van der Waals surface area (Å²) < 4.78 is 35.1. The Balaban J connectivity index is 4.59. The van der Waals surface area contributed by atoms with Crippen molar-refractivity contribution in [3.05, 3.63) is 0 Å². The Labute approximate surface area is 60.1 Å². The zero-order valence-corrected chi connectivity index (χ0v) is 5.57. The molecule has 0 aliphatic carbocycles. The van der Waals surface area contributed by atoms with E-state index in [1.807, 2.05) is 0 Å². The third-order valence-corrected chi connectivity index (χ3v) is 1.13. The van der Waals surface area contributed by atoms with Crippen LogP contribution in [0.2, 0.25) is 0 Å². The van der Waals surface area contributed by atoms with Crippen LogP contribution in [0.5, 0.6) is 0 Å². The maximum atomic E-state index is 11.7. The molecule has 1 unspecified atom stereocenters. The summed E-state index contributed by atoms with van der Waals surface area (Å²) in [5, 5.41) is 8.50. The highest BCUT2D eigenvalue weighted by atomic mass is 19.4. The summed E-state index contributed by atoms with van der Waals surface area (Å²) in [6, 6.07) is 0. The molecule has 0 rings (SSSR count). The summed E-state index contributed by atoms with van der Waals surface area (Å²) in [5.74, 6) is 2.71. The van der Waals surface area contributed by atoms with Gasteiger partial charge in [0.15, 0.2) is 0 Å². The first kappa shape index (κ1) is 10.2. The lowest BCUT2D eigenvalue weighted by Crippen LogP contribution is -2.56. The maximum absolute atomic E-state index is 11.7. The molecule has 4 N–H and O–H groups in total. The lowest BCUT2D eigenvalue weighted by molar-refractivity contribution is -0.245. The van der Waals surface area contributed by atoms with E-state index < -0.39 is 17.7 Å². The number of hydrogen-bond donors (Lipinski definition) is 3. The Morgan fingerprint density at radius 1 is 1.55 bits per heavy atom. The molecule has 0 aromatic rings. The number of halogens is 3. The molecule has 0 aliphatic rings. The number of amides is 1. The van der Waals surface area contributed by atoms with E-state index in [0.717, 1.165) is 0 Å². The van der Waals surface area contributed by atoms with Crippen molar-refractivity contribution in [1.29, 1.82) is 0 Å². The van der Waals surface area contributed by atoms with Crippen LogP contribution in [0.4, 0.5) is 13.2 Å². The molecule has 11 heavy (non-hydrogen) atoms. The summed E-state index contributed by atoms with van der Waals surface area (Å²) in [5.41, 5.74) is -2.23. The predicted molar refractivity (Wildman–Crippen MR) is 29.0 cm³/mol. The molecule has 0 bridgehead atoms. The summed E-state index contributed by atoms with van der Waals surface area (Å²) in [7, 11) is 0. The second-order valence-corrected chi connectivity index (χ2v) is 2.04. The van der Waals surface area contributed by atoms with Gasteiger partial charge in [-0.25, -0.2) is 5.84 Å². The summed E-state index contributed by atoms with van der Waals surface area (Å²) in [4.78, 5) is 10.3. The van der Waals surface area contributed by atoms with Gasteiger partial charge in [0.2, 0.25) is 5.60 Å². The van der Waals surface area contributed by atoms with Crippen LogP contribution >= 0.6 is 0 Å². The fourth-order valence-electron chi connectivity index (χ4n) is 0.269. The van der Waals surface area contributed by atoms with Gasteiger partial charge in [-0.1, -0.05) is 0 Å². The highest BCUT2D eigenvalue weighted by Gasteiger charge is 2.55. The highest BCUT2D eigenvalue weighted by Crippen LogP contribution is 2.29. The van der Waals surface area contributed by atoms with E-state index in [1.165, 1.54) is 5.43 Å². The smallest absolute Gasteiger partial charge is 0.373 e. The normalized spacial score (nSPS) is 17.3. The van der Waals surface area contributed by atoms with Crippen LogP contribution in [0.3, 0.4) is 0 Å². The SMILES string of the molecule is CC(O)(C(=O)NN)C(F)(F)F. The molecule has 0 aromatic heterocycles. The summed E-state index contributed by atoms with van der Waals surface area (Å²) in [6.07, 6.45) is -5.02. The van der Waals surface area contributed by atoms with Crippen molar-refractivity contribution in [3.8, 4) is 0 Å². The highest BCUT2D eigenvalue weighted by molar-refractivity contribution is 5.84. The van der Waals surface area contributed by atoms with Crippen LogP contribution in [-0.2, 0) is 4.79 Å². The Morgan fingerprint density at radius 2 is 1.91 bits per heavy atom. The standard InChI is InChI=1S/C4H7F3N2O2/c1-3(11,2(10)9-8)4(5,6)7/h11H,8H2,1H3,(H,9,10). The number of aliphatic hydroxyl groups is 1. The fraction of sp³-hybridized carbons (Fsp3) is 0.750. The van der Waals surface area contributed by atoms with Crippen molar-refractivity contribution >= 4 is 5.91 Å². The minimum atomic E-state index is -5.02. The number of carbonyl (C=O) groups excluding carboxylic acids is 1. The van der Waals surface area contributed by atoms with Crippen LogP contribution in [0, 0.1) is 0 Å². The largest absolute Gasteiger partial charge is 0.426 e. The van der Waals surface area contributed by atoms with Crippen LogP contribution in [-0.4, -0.2) is 22.8 Å². The van der Waals surface area contributed by atoms with Gasteiger partial charge >= 0.3 is 6.18 Å². The molecule has 1 atom stereocenters. The van der Waals surface area contributed by atoms with Crippen molar-refractivity contribution in [2.24, 2.45) is 5.84 Å². The molecule has 0 spiro atoms. The van der Waals surface area contributed by atoms with Gasteiger partial charge in [-0.3, -0.25) is 10.2 Å². The molecular weight excluding hydrogens is 165 g/mol. The lowest BCUT2D eigenvalue weighted by Gasteiger charge is -2.23. The Bertz CT molecular complexity index is 165. The van der Waals surface area contributed by atoms with Gasteiger partial charge in [-0.05, 0) is 6.92 Å². The molecule has 7 heteroatoms. The van der Waals surface area contributed by atoms with E-state index in [4.69, 9.17) is 5.11 Å². The Kier molecular flexibility index (Phi) is 2.47. The second kappa shape index (κ2) is 2.67. The molecule has 0 radical (unpaired) electrons. The third-order valence-electron chi connectivity index (χ3n) is 1.13. The first-order valence-corrected chi connectivity index (χ1v) is 2.53. The molecule has 4 nitrogen and oxygen atoms in total. The van der Waals surface area contributed by atoms with Gasteiger partial charge in [0.1, 0.15) is 0 Å². The topological polar surface area (TPSA) is 75.3 Å². The number of carbonyl (C=O) groups is 1. The number of hydrogen-bond acceptors (Lipinski definition) is 3. The molecule has 66 valence electrons. The van der Waals surface area contributed by atoms with Crippen molar-refractivity contribution in [3.63, 3.8) is 0 Å². The van der Waals surface area contributed by atoms with Crippen LogP contribution in [0.1, 0.15) is 6.92 Å². The van der Waals surface area contributed by atoms with E-state index in [2.05, 4.69) is 5.84 Å². The molecule has 0 aromatic carbocycles. The molecule has 0 fully saturated rings. The maximum Gasteiger partial charge on any atom is 0.426 e. The van der Waals surface area contributed by atoms with Crippen molar-refractivity contribution in [2.75, 3.05) is 0 Å². The minimum absolute atomic E-state index is 0.315. The Morgan fingerprint density at radius 3 is 2.00 bits per heavy atom. The van der Waals surface area contributed by atoms with E-state index in [9.17, 15) is 18.0 Å². The van der Waals surface area contributed by atoms with E-state index >= 15 is 0 Å². The quantitative estimate of drug-likeness (QED) is 0.278. The van der Waals surface area contributed by atoms with E-state index in [1.54, 1.807) is 0 Å². The number of hydrazine groups is 1. The van der Waals surface area contributed by atoms with Gasteiger partial charge in [-0.2, -0.15) is 13.2 Å². The minimum Gasteiger partial charge on any atom is -0.373 e.